The van der Waals surface area contributed by atoms with Gasteiger partial charge in [-0.05, 0) is 55.0 Å². The zero-order chi connectivity index (χ0) is 13.8. The Kier molecular flexibility index (Phi) is 3.81. The Balaban J connectivity index is 1.74. The van der Waals surface area contributed by atoms with Crippen LogP contribution in [0.2, 0.25) is 0 Å². The molecule has 0 aliphatic heterocycles. The molecule has 104 valence electrons. The van der Waals surface area contributed by atoms with Gasteiger partial charge in [0.05, 0.1) is 0 Å². The van der Waals surface area contributed by atoms with Crippen LogP contribution in [0.15, 0.2) is 30.5 Å². The Hall–Kier alpha value is -2.10. The van der Waals surface area contributed by atoms with Crippen LogP contribution in [-0.4, -0.2) is 16.5 Å². The number of aryl methyl sites for hydroxylation is 2. The monoisotopic (exact) mass is 268 g/mol. The van der Waals surface area contributed by atoms with E-state index in [1.165, 1.54) is 30.4 Å². The molecular formula is C16H20N4. The van der Waals surface area contributed by atoms with E-state index in [1.807, 2.05) is 6.07 Å². The van der Waals surface area contributed by atoms with Crippen LogP contribution in [0.1, 0.15) is 30.9 Å². The van der Waals surface area contributed by atoms with Crippen molar-refractivity contribution < 1.29 is 0 Å². The van der Waals surface area contributed by atoms with Crippen molar-refractivity contribution in [3.05, 3.63) is 41.6 Å². The van der Waals surface area contributed by atoms with Crippen molar-refractivity contribution in [1.82, 2.24) is 9.97 Å². The maximum absolute atomic E-state index is 4.47. The number of hydrogen-bond acceptors (Lipinski definition) is 4. The molecule has 0 unspecified atom stereocenters. The highest BCUT2D eigenvalue weighted by Gasteiger charge is 2.10. The lowest BCUT2D eigenvalue weighted by Gasteiger charge is -2.09. The summed E-state index contributed by atoms with van der Waals surface area (Å²) >= 11 is 0. The first-order valence-corrected chi connectivity index (χ1v) is 7.31. The third-order valence-electron chi connectivity index (χ3n) is 3.56. The molecule has 2 aromatic rings. The van der Waals surface area contributed by atoms with E-state index in [9.17, 15) is 0 Å². The van der Waals surface area contributed by atoms with Crippen molar-refractivity contribution >= 4 is 17.5 Å². The highest BCUT2D eigenvalue weighted by atomic mass is 15.1. The SMILES string of the molecule is CCCNc1nccc(Nc2ccc3c(c2)CCC3)n1. The fourth-order valence-corrected chi connectivity index (χ4v) is 2.55. The van der Waals surface area contributed by atoms with Crippen molar-refractivity contribution in [2.75, 3.05) is 17.2 Å². The molecule has 0 spiro atoms. The lowest BCUT2D eigenvalue weighted by Crippen LogP contribution is -2.05. The summed E-state index contributed by atoms with van der Waals surface area (Å²) in [6, 6.07) is 8.49. The highest BCUT2D eigenvalue weighted by molar-refractivity contribution is 5.59. The van der Waals surface area contributed by atoms with E-state index in [2.05, 4.69) is 45.7 Å². The van der Waals surface area contributed by atoms with Gasteiger partial charge in [-0.25, -0.2) is 4.98 Å². The van der Waals surface area contributed by atoms with Gasteiger partial charge in [0.15, 0.2) is 0 Å². The molecule has 0 amide bonds. The summed E-state index contributed by atoms with van der Waals surface area (Å²) < 4.78 is 0. The van der Waals surface area contributed by atoms with Gasteiger partial charge in [0, 0.05) is 18.4 Å². The van der Waals surface area contributed by atoms with Crippen LogP contribution in [0, 0.1) is 0 Å². The Bertz CT molecular complexity index is 595. The van der Waals surface area contributed by atoms with Crippen LogP contribution in [0.4, 0.5) is 17.5 Å². The molecule has 0 radical (unpaired) electrons. The summed E-state index contributed by atoms with van der Waals surface area (Å²) in [6.07, 6.45) is 6.52. The van der Waals surface area contributed by atoms with Gasteiger partial charge in [-0.15, -0.1) is 0 Å². The van der Waals surface area contributed by atoms with Crippen LogP contribution in [0.3, 0.4) is 0 Å². The Morgan fingerprint density at radius 1 is 1.15 bits per heavy atom. The lowest BCUT2D eigenvalue weighted by atomic mass is 10.1. The minimum absolute atomic E-state index is 0.679. The zero-order valence-corrected chi connectivity index (χ0v) is 11.8. The first-order valence-electron chi connectivity index (χ1n) is 7.31. The van der Waals surface area contributed by atoms with Crippen LogP contribution >= 0.6 is 0 Å². The lowest BCUT2D eigenvalue weighted by molar-refractivity contribution is 0.912. The summed E-state index contributed by atoms with van der Waals surface area (Å²) in [4.78, 5) is 8.68. The second kappa shape index (κ2) is 5.90. The summed E-state index contributed by atoms with van der Waals surface area (Å²) in [5, 5.41) is 6.56. The predicted molar refractivity (Wildman–Crippen MR) is 82.6 cm³/mol. The van der Waals surface area contributed by atoms with Gasteiger partial charge in [-0.2, -0.15) is 4.98 Å². The first kappa shape index (κ1) is 12.9. The van der Waals surface area contributed by atoms with E-state index in [1.54, 1.807) is 6.20 Å². The first-order chi connectivity index (χ1) is 9.85. The second-order valence-corrected chi connectivity index (χ2v) is 5.15. The molecule has 20 heavy (non-hydrogen) atoms. The number of nitrogens with one attached hydrogen (secondary N) is 2. The number of rotatable bonds is 5. The molecule has 0 fully saturated rings. The van der Waals surface area contributed by atoms with Gasteiger partial charge in [0.25, 0.3) is 0 Å². The standard InChI is InChI=1S/C16H20N4/c1-2-9-17-16-18-10-8-15(20-16)19-14-7-6-12-4-3-5-13(12)11-14/h6-8,10-11H,2-5,9H2,1H3,(H2,17,18,19,20). The third-order valence-corrected chi connectivity index (χ3v) is 3.56. The van der Waals surface area contributed by atoms with Crippen LogP contribution in [0.5, 0.6) is 0 Å². The predicted octanol–water partition coefficient (Wildman–Crippen LogP) is 3.53. The molecule has 2 N–H and O–H groups in total. The molecule has 1 aliphatic carbocycles. The molecule has 1 heterocycles. The average Bonchev–Trinajstić information content (AvgIpc) is 2.93. The zero-order valence-electron chi connectivity index (χ0n) is 11.8. The summed E-state index contributed by atoms with van der Waals surface area (Å²) in [6.45, 7) is 3.02. The molecular weight excluding hydrogens is 248 g/mol. The minimum Gasteiger partial charge on any atom is -0.354 e. The Morgan fingerprint density at radius 2 is 2.05 bits per heavy atom. The number of benzene rings is 1. The maximum atomic E-state index is 4.47. The van der Waals surface area contributed by atoms with Gasteiger partial charge in [0.2, 0.25) is 5.95 Å². The molecule has 4 heteroatoms. The smallest absolute Gasteiger partial charge is 0.224 e. The van der Waals surface area contributed by atoms with Crippen molar-refractivity contribution in [1.29, 1.82) is 0 Å². The van der Waals surface area contributed by atoms with Gasteiger partial charge in [-0.3, -0.25) is 0 Å². The Morgan fingerprint density at radius 3 is 2.95 bits per heavy atom. The normalized spacial score (nSPS) is 13.1. The average molecular weight is 268 g/mol. The summed E-state index contributed by atoms with van der Waals surface area (Å²) in [5.74, 6) is 1.51. The molecule has 4 nitrogen and oxygen atoms in total. The molecule has 0 atom stereocenters. The number of fused-ring (bicyclic) bond motifs is 1. The third kappa shape index (κ3) is 2.90. The van der Waals surface area contributed by atoms with E-state index in [-0.39, 0.29) is 0 Å². The van der Waals surface area contributed by atoms with Crippen molar-refractivity contribution in [2.45, 2.75) is 32.6 Å². The quantitative estimate of drug-likeness (QED) is 0.871. The summed E-state index contributed by atoms with van der Waals surface area (Å²) in [7, 11) is 0. The van der Waals surface area contributed by atoms with Crippen LogP contribution < -0.4 is 10.6 Å². The van der Waals surface area contributed by atoms with E-state index in [0.29, 0.717) is 5.95 Å². The van der Waals surface area contributed by atoms with Crippen molar-refractivity contribution in [3.63, 3.8) is 0 Å². The number of nitrogens with zero attached hydrogens (tertiary/aromatic N) is 2. The molecule has 3 rings (SSSR count). The van der Waals surface area contributed by atoms with Crippen molar-refractivity contribution in [3.8, 4) is 0 Å². The Labute approximate surface area is 119 Å². The number of hydrogen-bond donors (Lipinski definition) is 2. The van der Waals surface area contributed by atoms with Gasteiger partial charge in [0.1, 0.15) is 5.82 Å². The molecule has 1 aliphatic rings. The molecule has 1 aromatic heterocycles. The fourth-order valence-electron chi connectivity index (χ4n) is 2.55. The van der Waals surface area contributed by atoms with Gasteiger partial charge in [-0.1, -0.05) is 13.0 Å². The highest BCUT2D eigenvalue weighted by Crippen LogP contribution is 2.26. The number of anilines is 3. The van der Waals surface area contributed by atoms with Gasteiger partial charge < -0.3 is 10.6 Å². The van der Waals surface area contributed by atoms with E-state index < -0.39 is 0 Å². The molecule has 0 saturated heterocycles. The van der Waals surface area contributed by atoms with E-state index in [0.717, 1.165) is 24.5 Å². The molecule has 0 saturated carbocycles. The van der Waals surface area contributed by atoms with Gasteiger partial charge >= 0.3 is 0 Å². The molecule has 0 bridgehead atoms. The maximum Gasteiger partial charge on any atom is 0.224 e. The number of aromatic nitrogens is 2. The largest absolute Gasteiger partial charge is 0.354 e. The second-order valence-electron chi connectivity index (χ2n) is 5.15. The topological polar surface area (TPSA) is 49.8 Å². The fraction of sp³-hybridized carbons (Fsp3) is 0.375. The van der Waals surface area contributed by atoms with E-state index >= 15 is 0 Å². The summed E-state index contributed by atoms with van der Waals surface area (Å²) in [5.41, 5.74) is 4.06. The van der Waals surface area contributed by atoms with Crippen LogP contribution in [-0.2, 0) is 12.8 Å². The minimum atomic E-state index is 0.679. The van der Waals surface area contributed by atoms with Crippen LogP contribution in [0.25, 0.3) is 0 Å². The van der Waals surface area contributed by atoms with Crippen molar-refractivity contribution in [2.24, 2.45) is 0 Å². The molecule has 1 aromatic carbocycles. The van der Waals surface area contributed by atoms with E-state index in [4.69, 9.17) is 0 Å².